The van der Waals surface area contributed by atoms with Crippen LogP contribution in [0.1, 0.15) is 39.5 Å². The Balaban J connectivity index is 3.62. The van der Waals surface area contributed by atoms with E-state index in [1.54, 1.807) is 0 Å². The van der Waals surface area contributed by atoms with Crippen LogP contribution >= 0.6 is 0 Å². The number of hydrogen-bond donors (Lipinski definition) is 2. The fraction of sp³-hybridized carbons (Fsp3) is 0.833. The van der Waals surface area contributed by atoms with Crippen LogP contribution in [0.5, 0.6) is 0 Å². The van der Waals surface area contributed by atoms with Gasteiger partial charge in [-0.1, -0.05) is 6.42 Å². The molecule has 0 aliphatic heterocycles. The van der Waals surface area contributed by atoms with Gasteiger partial charge in [0.05, 0.1) is 19.3 Å². The number of aliphatic hydroxyl groups is 1. The Kier molecular flexibility index (Phi) is 9.86. The minimum Gasteiger partial charge on any atom is -0.450 e. The van der Waals surface area contributed by atoms with Gasteiger partial charge >= 0.3 is 6.09 Å². The Hall–Kier alpha value is -1.90. The summed E-state index contributed by atoms with van der Waals surface area (Å²) in [5.41, 5.74) is 0. The largest absolute Gasteiger partial charge is 0.450 e. The number of alkyl carbamates (subject to hydrolysis) is 1. The zero-order chi connectivity index (χ0) is 16.3. The average Bonchev–Trinajstić information content (AvgIpc) is 2.37. The number of ether oxygens (including phenoxy) is 1. The molecule has 1 amide bonds. The second kappa shape index (κ2) is 10.8. The number of nitrogens with one attached hydrogen (secondary N) is 1. The number of unbranched alkanes of at least 4 members (excludes halogenated alkanes) is 3. The summed E-state index contributed by atoms with van der Waals surface area (Å²) in [5, 5.41) is 20.6. The van der Waals surface area contributed by atoms with Gasteiger partial charge in [0.2, 0.25) is 0 Å². The molecule has 21 heavy (non-hydrogen) atoms. The highest BCUT2D eigenvalue weighted by Crippen LogP contribution is 2.01. The summed E-state index contributed by atoms with van der Waals surface area (Å²) in [6.07, 6.45) is 0.876. The maximum absolute atomic E-state index is 11.4. The monoisotopic (exact) mass is 306 g/mol. The summed E-state index contributed by atoms with van der Waals surface area (Å²) in [7, 11) is 0. The number of ketones is 1. The van der Waals surface area contributed by atoms with Crippen LogP contribution in [-0.4, -0.2) is 47.4 Å². The summed E-state index contributed by atoms with van der Waals surface area (Å²) in [5.74, 6) is -0.354. The number of carbonyl (C=O) groups excluding carboxylic acids is 2. The van der Waals surface area contributed by atoms with Crippen molar-refractivity contribution in [2.75, 3.05) is 13.2 Å². The van der Waals surface area contributed by atoms with Gasteiger partial charge in [0, 0.05) is 0 Å². The Morgan fingerprint density at radius 2 is 1.81 bits per heavy atom. The second-order valence-electron chi connectivity index (χ2n) is 4.58. The first kappa shape index (κ1) is 19.1. The van der Waals surface area contributed by atoms with Crippen LogP contribution in [0.15, 0.2) is 0 Å². The Morgan fingerprint density at radius 1 is 1.24 bits per heavy atom. The third-order valence-electron chi connectivity index (χ3n) is 2.66. The predicted octanol–water partition coefficient (Wildman–Crippen LogP) is 0.820. The number of nitrogens with zero attached hydrogens (tertiary/aromatic N) is 1. The van der Waals surface area contributed by atoms with E-state index < -0.39 is 23.3 Å². The molecule has 0 aliphatic rings. The van der Waals surface area contributed by atoms with E-state index in [4.69, 9.17) is 4.74 Å². The van der Waals surface area contributed by atoms with E-state index in [2.05, 4.69) is 10.2 Å². The SMILES string of the molecule is CC(=O)C(NC(=O)OCCCCCCO[N+](=O)[O-])C(C)O. The summed E-state index contributed by atoms with van der Waals surface area (Å²) in [6, 6.07) is -0.975. The summed E-state index contributed by atoms with van der Waals surface area (Å²) in [6.45, 7) is 2.90. The molecule has 2 unspecified atom stereocenters. The normalized spacial score (nSPS) is 13.1. The molecule has 0 fully saturated rings. The minimum absolute atomic E-state index is 0.0586. The van der Waals surface area contributed by atoms with Crippen molar-refractivity contribution in [3.63, 3.8) is 0 Å². The summed E-state index contributed by atoms with van der Waals surface area (Å²) >= 11 is 0. The lowest BCUT2D eigenvalue weighted by Crippen LogP contribution is -2.47. The molecule has 0 bridgehead atoms. The first-order valence-corrected chi connectivity index (χ1v) is 6.73. The highest BCUT2D eigenvalue weighted by atomic mass is 16.9. The maximum Gasteiger partial charge on any atom is 0.407 e. The highest BCUT2D eigenvalue weighted by Gasteiger charge is 2.22. The highest BCUT2D eigenvalue weighted by molar-refractivity contribution is 5.85. The number of hydrogen-bond acceptors (Lipinski definition) is 7. The fourth-order valence-electron chi connectivity index (χ4n) is 1.59. The number of amides is 1. The van der Waals surface area contributed by atoms with Crippen LogP contribution in [0.3, 0.4) is 0 Å². The molecular weight excluding hydrogens is 284 g/mol. The number of carbonyl (C=O) groups is 2. The third-order valence-corrected chi connectivity index (χ3v) is 2.66. The molecule has 2 N–H and O–H groups in total. The molecule has 9 nitrogen and oxygen atoms in total. The molecule has 0 aliphatic carbocycles. The summed E-state index contributed by atoms with van der Waals surface area (Å²) in [4.78, 5) is 36.6. The topological polar surface area (TPSA) is 128 Å². The van der Waals surface area contributed by atoms with Crippen LogP contribution in [0.4, 0.5) is 4.79 Å². The lowest BCUT2D eigenvalue weighted by Gasteiger charge is -2.18. The van der Waals surface area contributed by atoms with Gasteiger partial charge in [0.1, 0.15) is 6.04 Å². The van der Waals surface area contributed by atoms with E-state index in [0.29, 0.717) is 12.8 Å². The average molecular weight is 306 g/mol. The Bertz CT molecular complexity index is 346. The van der Waals surface area contributed by atoms with Gasteiger partial charge in [0.25, 0.3) is 5.09 Å². The van der Waals surface area contributed by atoms with Crippen molar-refractivity contribution in [1.29, 1.82) is 0 Å². The van der Waals surface area contributed by atoms with E-state index in [0.717, 1.165) is 12.8 Å². The summed E-state index contributed by atoms with van der Waals surface area (Å²) < 4.78 is 4.86. The van der Waals surface area contributed by atoms with Gasteiger partial charge in [-0.15, -0.1) is 10.1 Å². The molecule has 0 heterocycles. The van der Waals surface area contributed by atoms with E-state index in [9.17, 15) is 24.8 Å². The Labute approximate surface area is 122 Å². The molecular formula is C12H22N2O7. The van der Waals surface area contributed by atoms with Gasteiger partial charge in [-0.05, 0) is 33.1 Å². The lowest BCUT2D eigenvalue weighted by atomic mass is 10.1. The van der Waals surface area contributed by atoms with Crippen molar-refractivity contribution in [3.05, 3.63) is 10.1 Å². The van der Waals surface area contributed by atoms with E-state index in [1.807, 2.05) is 0 Å². The molecule has 122 valence electrons. The van der Waals surface area contributed by atoms with Gasteiger partial charge < -0.3 is 20.0 Å². The van der Waals surface area contributed by atoms with Crippen LogP contribution in [0.2, 0.25) is 0 Å². The zero-order valence-corrected chi connectivity index (χ0v) is 12.2. The van der Waals surface area contributed by atoms with Crippen molar-refractivity contribution in [3.8, 4) is 0 Å². The smallest absolute Gasteiger partial charge is 0.407 e. The van der Waals surface area contributed by atoms with Crippen molar-refractivity contribution < 1.29 is 29.4 Å². The van der Waals surface area contributed by atoms with Crippen LogP contribution < -0.4 is 5.32 Å². The maximum atomic E-state index is 11.4. The number of aliphatic hydroxyl groups excluding tert-OH is 1. The lowest BCUT2D eigenvalue weighted by molar-refractivity contribution is -0.757. The van der Waals surface area contributed by atoms with Crippen LogP contribution in [0.25, 0.3) is 0 Å². The fourth-order valence-corrected chi connectivity index (χ4v) is 1.59. The quantitative estimate of drug-likeness (QED) is 0.328. The molecule has 0 aromatic rings. The van der Waals surface area contributed by atoms with Crippen molar-refractivity contribution >= 4 is 11.9 Å². The first-order valence-electron chi connectivity index (χ1n) is 6.73. The first-order chi connectivity index (χ1) is 9.84. The zero-order valence-electron chi connectivity index (χ0n) is 12.2. The molecule has 2 atom stereocenters. The van der Waals surface area contributed by atoms with E-state index in [-0.39, 0.29) is 19.0 Å². The standard InChI is InChI=1S/C12H22N2O7/c1-9(15)11(10(2)16)13-12(17)20-7-5-3-4-6-8-21-14(18)19/h9,11,15H,3-8H2,1-2H3,(H,13,17). The van der Waals surface area contributed by atoms with Crippen LogP contribution in [0, 0.1) is 10.1 Å². The molecule has 0 saturated heterocycles. The predicted molar refractivity (Wildman–Crippen MR) is 72.0 cm³/mol. The van der Waals surface area contributed by atoms with Crippen molar-refractivity contribution in [1.82, 2.24) is 5.32 Å². The van der Waals surface area contributed by atoms with Gasteiger partial charge in [-0.2, -0.15) is 0 Å². The third kappa shape index (κ3) is 10.5. The van der Waals surface area contributed by atoms with Crippen LogP contribution in [-0.2, 0) is 14.4 Å². The van der Waals surface area contributed by atoms with Crippen molar-refractivity contribution in [2.24, 2.45) is 0 Å². The molecule has 9 heteroatoms. The Morgan fingerprint density at radius 3 is 2.29 bits per heavy atom. The molecule has 0 saturated carbocycles. The second-order valence-corrected chi connectivity index (χ2v) is 4.58. The van der Waals surface area contributed by atoms with E-state index in [1.165, 1.54) is 13.8 Å². The molecule has 0 rings (SSSR count). The van der Waals surface area contributed by atoms with Gasteiger partial charge in [-0.25, -0.2) is 4.79 Å². The van der Waals surface area contributed by atoms with Gasteiger partial charge in [-0.3, -0.25) is 4.79 Å². The van der Waals surface area contributed by atoms with E-state index >= 15 is 0 Å². The number of rotatable bonds is 11. The molecule has 0 aromatic heterocycles. The van der Waals surface area contributed by atoms with Gasteiger partial charge in [0.15, 0.2) is 5.78 Å². The minimum atomic E-state index is -0.989. The molecule has 0 radical (unpaired) electrons. The van der Waals surface area contributed by atoms with Crippen molar-refractivity contribution in [2.45, 2.75) is 51.7 Å². The molecule has 0 aromatic carbocycles. The molecule has 0 spiro atoms. The number of Topliss-reactive ketones (excluding diaryl/α,β-unsaturated/α-hetero) is 1.